The Morgan fingerprint density at radius 1 is 1.00 bits per heavy atom. The van der Waals surface area contributed by atoms with Gasteiger partial charge < -0.3 is 10.1 Å². The van der Waals surface area contributed by atoms with E-state index < -0.39 is 11.9 Å². The number of benzene rings is 2. The molecule has 7 heteroatoms. The van der Waals surface area contributed by atoms with Crippen molar-refractivity contribution in [3.8, 4) is 11.3 Å². The second-order valence-electron chi connectivity index (χ2n) is 7.25. The van der Waals surface area contributed by atoms with Crippen LogP contribution in [0.3, 0.4) is 0 Å². The predicted octanol–water partition coefficient (Wildman–Crippen LogP) is 5.31. The molecule has 4 aromatic rings. The molecule has 1 N–H and O–H groups in total. The van der Waals surface area contributed by atoms with E-state index in [9.17, 15) is 9.59 Å². The van der Waals surface area contributed by atoms with Gasteiger partial charge in [-0.3, -0.25) is 9.20 Å². The maximum absolute atomic E-state index is 13.4. The molecule has 2 aromatic heterocycles. The van der Waals surface area contributed by atoms with Crippen LogP contribution >= 0.6 is 11.6 Å². The molecular weight excluding hydrogens is 414 g/mol. The van der Waals surface area contributed by atoms with Crippen LogP contribution in [0.4, 0.5) is 5.69 Å². The zero-order chi connectivity index (χ0) is 22.1. The standard InChI is InChI=1S/C24H20ClN3O3/c1-14-4-7-16(8-5-14)21-22(28-13-15(2)6-11-20(28)27-21)23(29)26-19-12-17(24(30)31-3)9-10-18(19)25/h4-13H,1-3H3,(H,26,29). The number of fused-ring (bicyclic) bond motifs is 1. The van der Waals surface area contributed by atoms with Gasteiger partial charge in [0, 0.05) is 11.8 Å². The van der Waals surface area contributed by atoms with Crippen molar-refractivity contribution in [2.45, 2.75) is 13.8 Å². The molecule has 4 rings (SSSR count). The van der Waals surface area contributed by atoms with Gasteiger partial charge in [-0.05, 0) is 43.7 Å². The van der Waals surface area contributed by atoms with E-state index in [-0.39, 0.29) is 5.56 Å². The fourth-order valence-corrected chi connectivity index (χ4v) is 3.49. The number of aromatic nitrogens is 2. The average Bonchev–Trinajstić information content (AvgIpc) is 3.13. The third-order valence-corrected chi connectivity index (χ3v) is 5.27. The van der Waals surface area contributed by atoms with Crippen LogP contribution in [0.1, 0.15) is 32.0 Å². The molecule has 1 amide bonds. The minimum atomic E-state index is -0.516. The van der Waals surface area contributed by atoms with Gasteiger partial charge in [0.1, 0.15) is 17.0 Å². The number of nitrogens with zero attached hydrogens (tertiary/aromatic N) is 2. The molecule has 0 aliphatic carbocycles. The number of esters is 1. The Bertz CT molecular complexity index is 1310. The van der Waals surface area contributed by atoms with Crippen molar-refractivity contribution < 1.29 is 14.3 Å². The lowest BCUT2D eigenvalue weighted by molar-refractivity contribution is 0.0600. The zero-order valence-corrected chi connectivity index (χ0v) is 18.0. The number of ether oxygens (including phenoxy) is 1. The first-order chi connectivity index (χ1) is 14.9. The van der Waals surface area contributed by atoms with Crippen molar-refractivity contribution in [3.63, 3.8) is 0 Å². The molecule has 0 saturated heterocycles. The summed E-state index contributed by atoms with van der Waals surface area (Å²) in [5.74, 6) is -0.907. The molecule has 2 aromatic carbocycles. The van der Waals surface area contributed by atoms with Gasteiger partial charge in [0.25, 0.3) is 5.91 Å². The highest BCUT2D eigenvalue weighted by Gasteiger charge is 2.22. The van der Waals surface area contributed by atoms with E-state index in [1.165, 1.54) is 13.2 Å². The maximum atomic E-state index is 13.4. The van der Waals surface area contributed by atoms with Crippen LogP contribution in [-0.4, -0.2) is 28.4 Å². The third kappa shape index (κ3) is 4.02. The molecule has 156 valence electrons. The predicted molar refractivity (Wildman–Crippen MR) is 121 cm³/mol. The number of rotatable bonds is 4. The van der Waals surface area contributed by atoms with Crippen LogP contribution in [-0.2, 0) is 4.74 Å². The van der Waals surface area contributed by atoms with E-state index >= 15 is 0 Å². The average molecular weight is 434 g/mol. The van der Waals surface area contributed by atoms with Crippen molar-refractivity contribution in [2.24, 2.45) is 0 Å². The normalized spacial score (nSPS) is 10.8. The monoisotopic (exact) mass is 433 g/mol. The molecule has 0 fully saturated rings. The van der Waals surface area contributed by atoms with E-state index in [0.717, 1.165) is 16.7 Å². The molecule has 31 heavy (non-hydrogen) atoms. The lowest BCUT2D eigenvalue weighted by Gasteiger charge is -2.10. The minimum Gasteiger partial charge on any atom is -0.465 e. The summed E-state index contributed by atoms with van der Waals surface area (Å²) >= 11 is 6.28. The lowest BCUT2D eigenvalue weighted by Crippen LogP contribution is -2.16. The summed E-state index contributed by atoms with van der Waals surface area (Å²) in [6.07, 6.45) is 1.86. The maximum Gasteiger partial charge on any atom is 0.337 e. The van der Waals surface area contributed by atoms with Gasteiger partial charge in [0.15, 0.2) is 0 Å². The van der Waals surface area contributed by atoms with E-state index in [0.29, 0.717) is 27.7 Å². The lowest BCUT2D eigenvalue weighted by atomic mass is 10.1. The summed E-state index contributed by atoms with van der Waals surface area (Å²) in [4.78, 5) is 30.0. The molecule has 0 bridgehead atoms. The van der Waals surface area contributed by atoms with E-state index in [1.807, 2.05) is 56.4 Å². The summed E-state index contributed by atoms with van der Waals surface area (Å²) in [5, 5.41) is 3.13. The summed E-state index contributed by atoms with van der Waals surface area (Å²) in [7, 11) is 1.30. The quantitative estimate of drug-likeness (QED) is 0.442. The molecule has 2 heterocycles. The van der Waals surface area contributed by atoms with Gasteiger partial charge in [-0.2, -0.15) is 0 Å². The fraction of sp³-hybridized carbons (Fsp3) is 0.125. The summed E-state index contributed by atoms with van der Waals surface area (Å²) in [5.41, 5.74) is 5.11. The largest absolute Gasteiger partial charge is 0.465 e. The Labute approximate surface area is 184 Å². The van der Waals surface area contributed by atoms with Crippen LogP contribution < -0.4 is 5.32 Å². The Balaban J connectivity index is 1.82. The zero-order valence-electron chi connectivity index (χ0n) is 17.3. The number of hydrogen-bond donors (Lipinski definition) is 1. The number of amides is 1. The Morgan fingerprint density at radius 3 is 2.42 bits per heavy atom. The SMILES string of the molecule is COC(=O)c1ccc(Cl)c(NC(=O)c2c(-c3ccc(C)cc3)nc3ccc(C)cn23)c1. The molecule has 0 unspecified atom stereocenters. The highest BCUT2D eigenvalue weighted by Crippen LogP contribution is 2.28. The first-order valence-electron chi connectivity index (χ1n) is 9.62. The van der Waals surface area contributed by atoms with Crippen molar-refractivity contribution >= 4 is 34.8 Å². The number of imidazole rings is 1. The number of anilines is 1. The number of aryl methyl sites for hydroxylation is 2. The number of carbonyl (C=O) groups is 2. The minimum absolute atomic E-state index is 0.287. The Hall–Kier alpha value is -3.64. The van der Waals surface area contributed by atoms with Crippen LogP contribution in [0.5, 0.6) is 0 Å². The third-order valence-electron chi connectivity index (χ3n) is 4.94. The van der Waals surface area contributed by atoms with Crippen molar-refractivity contribution in [2.75, 3.05) is 12.4 Å². The van der Waals surface area contributed by atoms with Gasteiger partial charge in [-0.25, -0.2) is 9.78 Å². The number of nitrogens with one attached hydrogen (secondary N) is 1. The molecule has 0 aliphatic rings. The number of pyridine rings is 1. The van der Waals surface area contributed by atoms with Gasteiger partial charge >= 0.3 is 5.97 Å². The first-order valence-corrected chi connectivity index (χ1v) is 10.00. The van der Waals surface area contributed by atoms with Crippen molar-refractivity contribution in [1.82, 2.24) is 9.38 Å². The first kappa shape index (κ1) is 20.6. The van der Waals surface area contributed by atoms with Crippen LogP contribution in [0.2, 0.25) is 5.02 Å². The highest BCUT2D eigenvalue weighted by atomic mass is 35.5. The van der Waals surface area contributed by atoms with Crippen LogP contribution in [0.25, 0.3) is 16.9 Å². The smallest absolute Gasteiger partial charge is 0.337 e. The van der Waals surface area contributed by atoms with E-state index in [2.05, 4.69) is 5.32 Å². The van der Waals surface area contributed by atoms with Gasteiger partial charge in [0.2, 0.25) is 0 Å². The summed E-state index contributed by atoms with van der Waals surface area (Å²) in [6.45, 7) is 3.95. The molecule has 0 spiro atoms. The van der Waals surface area contributed by atoms with Crippen molar-refractivity contribution in [3.05, 3.63) is 88.2 Å². The second kappa shape index (κ2) is 8.24. The van der Waals surface area contributed by atoms with Crippen LogP contribution in [0.15, 0.2) is 60.8 Å². The second-order valence-corrected chi connectivity index (χ2v) is 7.66. The van der Waals surface area contributed by atoms with E-state index in [1.54, 1.807) is 16.5 Å². The number of halogens is 1. The van der Waals surface area contributed by atoms with Gasteiger partial charge in [-0.1, -0.05) is 47.5 Å². The number of carbonyl (C=O) groups excluding carboxylic acids is 2. The highest BCUT2D eigenvalue weighted by molar-refractivity contribution is 6.34. The molecule has 6 nitrogen and oxygen atoms in total. The molecule has 0 aliphatic heterocycles. The van der Waals surface area contributed by atoms with Crippen LogP contribution in [0, 0.1) is 13.8 Å². The van der Waals surface area contributed by atoms with Gasteiger partial charge in [0.05, 0.1) is 23.4 Å². The Kier molecular flexibility index (Phi) is 5.48. The molecule has 0 saturated carbocycles. The molecule has 0 radical (unpaired) electrons. The van der Waals surface area contributed by atoms with Crippen molar-refractivity contribution in [1.29, 1.82) is 0 Å². The van der Waals surface area contributed by atoms with E-state index in [4.69, 9.17) is 21.3 Å². The topological polar surface area (TPSA) is 72.7 Å². The molecule has 0 atom stereocenters. The Morgan fingerprint density at radius 2 is 1.71 bits per heavy atom. The summed E-state index contributed by atoms with van der Waals surface area (Å²) < 4.78 is 6.52. The fourth-order valence-electron chi connectivity index (χ4n) is 3.33. The van der Waals surface area contributed by atoms with Gasteiger partial charge in [-0.15, -0.1) is 0 Å². The molecular formula is C24H20ClN3O3. The number of methoxy groups -OCH3 is 1. The summed E-state index contributed by atoms with van der Waals surface area (Å²) in [6, 6.07) is 16.2. The number of hydrogen-bond acceptors (Lipinski definition) is 4.